The summed E-state index contributed by atoms with van der Waals surface area (Å²) in [5.41, 5.74) is 13.7. The summed E-state index contributed by atoms with van der Waals surface area (Å²) >= 11 is 0. The lowest BCUT2D eigenvalue weighted by molar-refractivity contribution is 0.919. The molecule has 0 bridgehead atoms. The summed E-state index contributed by atoms with van der Waals surface area (Å²) < 4.78 is 0. The molecule has 1 aromatic heterocycles. The molecule has 254 valence electrons. The average molecular weight is 657 g/mol. The highest BCUT2D eigenvalue weighted by molar-refractivity contribution is 5.82. The highest BCUT2D eigenvalue weighted by atomic mass is 14.8. The van der Waals surface area contributed by atoms with Crippen LogP contribution < -0.4 is 0 Å². The summed E-state index contributed by atoms with van der Waals surface area (Å²) in [6.07, 6.45) is 26.0. The van der Waals surface area contributed by atoms with Gasteiger partial charge in [0.25, 0.3) is 0 Å². The zero-order valence-corrected chi connectivity index (χ0v) is 30.4. The molecule has 0 radical (unpaired) electrons. The van der Waals surface area contributed by atoms with Gasteiger partial charge < -0.3 is 0 Å². The quantitative estimate of drug-likeness (QED) is 0.106. The van der Waals surface area contributed by atoms with Crippen molar-refractivity contribution in [3.63, 3.8) is 0 Å². The SMILES string of the molecule is CCCc1ccccc1C=Cc1nc(C=Cc2ccccc2CCC)c(C=Cc2ccccc2CCC)nc1C=Cc1ccccc1CCC. The minimum absolute atomic E-state index is 0.852. The maximum Gasteiger partial charge on any atom is 0.0894 e. The van der Waals surface area contributed by atoms with Gasteiger partial charge in [0.2, 0.25) is 0 Å². The molecule has 0 fully saturated rings. The van der Waals surface area contributed by atoms with Crippen LogP contribution >= 0.6 is 0 Å². The van der Waals surface area contributed by atoms with Crippen molar-refractivity contribution in [2.75, 3.05) is 0 Å². The van der Waals surface area contributed by atoms with Crippen LogP contribution in [0.25, 0.3) is 48.6 Å². The first-order valence-electron chi connectivity index (χ1n) is 18.6. The van der Waals surface area contributed by atoms with E-state index in [0.717, 1.165) is 74.1 Å². The highest BCUT2D eigenvalue weighted by Crippen LogP contribution is 2.24. The van der Waals surface area contributed by atoms with Crippen LogP contribution in [0.2, 0.25) is 0 Å². The van der Waals surface area contributed by atoms with E-state index in [4.69, 9.17) is 9.97 Å². The molecule has 4 aromatic carbocycles. The Hall–Kier alpha value is -5.08. The predicted octanol–water partition coefficient (Wildman–Crippen LogP) is 13.0. The third-order valence-electron chi connectivity index (χ3n) is 8.99. The van der Waals surface area contributed by atoms with Crippen LogP contribution in [-0.4, -0.2) is 9.97 Å². The van der Waals surface area contributed by atoms with Crippen molar-refractivity contribution in [2.24, 2.45) is 0 Å². The monoisotopic (exact) mass is 656 g/mol. The lowest BCUT2D eigenvalue weighted by Gasteiger charge is -2.10. The second-order valence-corrected chi connectivity index (χ2v) is 12.9. The van der Waals surface area contributed by atoms with Crippen LogP contribution in [0.3, 0.4) is 0 Å². The third kappa shape index (κ3) is 9.98. The Bertz CT molecular complexity index is 1680. The largest absolute Gasteiger partial charge is 0.245 e. The van der Waals surface area contributed by atoms with E-state index >= 15 is 0 Å². The van der Waals surface area contributed by atoms with Gasteiger partial charge in [0.15, 0.2) is 0 Å². The van der Waals surface area contributed by atoms with Crippen molar-refractivity contribution in [3.8, 4) is 0 Å². The molecular weight excluding hydrogens is 605 g/mol. The van der Waals surface area contributed by atoms with E-state index in [1.807, 2.05) is 0 Å². The van der Waals surface area contributed by atoms with Gasteiger partial charge in [-0.1, -0.05) is 175 Å². The molecular formula is C48H52N2. The zero-order valence-electron chi connectivity index (χ0n) is 30.4. The maximum absolute atomic E-state index is 5.36. The topological polar surface area (TPSA) is 25.8 Å². The van der Waals surface area contributed by atoms with Crippen LogP contribution in [-0.2, 0) is 25.7 Å². The van der Waals surface area contributed by atoms with Gasteiger partial charge in [-0.05, 0) is 94.5 Å². The van der Waals surface area contributed by atoms with Crippen molar-refractivity contribution in [1.82, 2.24) is 9.97 Å². The first kappa shape index (κ1) is 36.2. The summed E-state index contributed by atoms with van der Waals surface area (Å²) in [4.78, 5) is 10.7. The molecule has 0 saturated heterocycles. The van der Waals surface area contributed by atoms with Gasteiger partial charge in [0.1, 0.15) is 0 Å². The van der Waals surface area contributed by atoms with E-state index in [2.05, 4.69) is 173 Å². The Kier molecular flexibility index (Phi) is 13.9. The van der Waals surface area contributed by atoms with Crippen LogP contribution in [0.15, 0.2) is 97.1 Å². The van der Waals surface area contributed by atoms with Gasteiger partial charge in [-0.15, -0.1) is 0 Å². The first-order chi connectivity index (χ1) is 24.6. The third-order valence-corrected chi connectivity index (χ3v) is 8.99. The van der Waals surface area contributed by atoms with Gasteiger partial charge in [-0.2, -0.15) is 0 Å². The molecule has 2 heteroatoms. The standard InChI is InChI=1S/C48H52N2/c1-5-17-37-21-9-13-25-41(37)29-33-45-46(34-30-42-26-14-10-22-38(42)18-6-2)50-48(36-32-44-28-16-12-24-40(44)20-8-4)47(49-45)35-31-43-27-15-11-23-39(43)19-7-3/h9-16,21-36H,5-8,17-20H2,1-4H3. The molecule has 0 unspecified atom stereocenters. The number of hydrogen-bond donors (Lipinski definition) is 0. The molecule has 0 saturated carbocycles. The molecule has 0 aliphatic heterocycles. The molecule has 0 amide bonds. The van der Waals surface area contributed by atoms with Crippen LogP contribution in [0.4, 0.5) is 0 Å². The summed E-state index contributed by atoms with van der Waals surface area (Å²) in [6.45, 7) is 8.93. The van der Waals surface area contributed by atoms with E-state index in [-0.39, 0.29) is 0 Å². The van der Waals surface area contributed by atoms with E-state index in [1.165, 1.54) is 44.5 Å². The summed E-state index contributed by atoms with van der Waals surface area (Å²) in [5.74, 6) is 0. The fourth-order valence-corrected chi connectivity index (χ4v) is 6.43. The van der Waals surface area contributed by atoms with Gasteiger partial charge in [0.05, 0.1) is 22.8 Å². The molecule has 1 heterocycles. The Balaban J connectivity index is 1.68. The number of nitrogens with zero attached hydrogens (tertiary/aromatic N) is 2. The van der Waals surface area contributed by atoms with Crippen molar-refractivity contribution >= 4 is 48.6 Å². The molecule has 0 aliphatic carbocycles. The van der Waals surface area contributed by atoms with Crippen molar-refractivity contribution in [1.29, 1.82) is 0 Å². The molecule has 2 nitrogen and oxygen atoms in total. The van der Waals surface area contributed by atoms with Crippen LogP contribution in [0, 0.1) is 0 Å². The minimum Gasteiger partial charge on any atom is -0.245 e. The number of rotatable bonds is 16. The summed E-state index contributed by atoms with van der Waals surface area (Å²) in [7, 11) is 0. The number of benzene rings is 4. The number of hydrogen-bond acceptors (Lipinski definition) is 2. The molecule has 0 atom stereocenters. The first-order valence-corrected chi connectivity index (χ1v) is 18.6. The summed E-state index contributed by atoms with van der Waals surface area (Å²) in [6, 6.07) is 34.7. The lowest BCUT2D eigenvalue weighted by atomic mass is 10.0. The van der Waals surface area contributed by atoms with Crippen molar-refractivity contribution < 1.29 is 0 Å². The smallest absolute Gasteiger partial charge is 0.0894 e. The molecule has 5 aromatic rings. The second kappa shape index (κ2) is 19.2. The molecule has 50 heavy (non-hydrogen) atoms. The predicted molar refractivity (Wildman–Crippen MR) is 219 cm³/mol. The van der Waals surface area contributed by atoms with E-state index < -0.39 is 0 Å². The maximum atomic E-state index is 5.36. The van der Waals surface area contributed by atoms with E-state index in [1.54, 1.807) is 0 Å². The zero-order chi connectivity index (χ0) is 35.0. The van der Waals surface area contributed by atoms with Crippen molar-refractivity contribution in [2.45, 2.75) is 79.1 Å². The normalized spacial score (nSPS) is 11.9. The Morgan fingerprint density at radius 2 is 0.540 bits per heavy atom. The molecule has 0 aliphatic rings. The highest BCUT2D eigenvalue weighted by Gasteiger charge is 2.10. The fraction of sp³-hybridized carbons (Fsp3) is 0.250. The van der Waals surface area contributed by atoms with Gasteiger partial charge in [0, 0.05) is 0 Å². The number of aromatic nitrogens is 2. The van der Waals surface area contributed by atoms with E-state index in [0.29, 0.717) is 0 Å². The van der Waals surface area contributed by atoms with Crippen LogP contribution in [0.5, 0.6) is 0 Å². The minimum atomic E-state index is 0.852. The lowest BCUT2D eigenvalue weighted by Crippen LogP contribution is -2.00. The number of aryl methyl sites for hydroxylation is 4. The van der Waals surface area contributed by atoms with Gasteiger partial charge >= 0.3 is 0 Å². The Labute approximate surface area is 301 Å². The molecule has 0 N–H and O–H groups in total. The van der Waals surface area contributed by atoms with Crippen molar-refractivity contribution in [3.05, 3.63) is 164 Å². The van der Waals surface area contributed by atoms with Gasteiger partial charge in [-0.25, -0.2) is 9.97 Å². The fourth-order valence-electron chi connectivity index (χ4n) is 6.43. The Morgan fingerprint density at radius 3 is 0.760 bits per heavy atom. The van der Waals surface area contributed by atoms with E-state index in [9.17, 15) is 0 Å². The summed E-state index contributed by atoms with van der Waals surface area (Å²) in [5, 5.41) is 0. The van der Waals surface area contributed by atoms with Crippen LogP contribution in [0.1, 0.15) is 121 Å². The average Bonchev–Trinajstić information content (AvgIpc) is 3.14. The molecule has 5 rings (SSSR count). The van der Waals surface area contributed by atoms with Gasteiger partial charge in [-0.3, -0.25) is 0 Å². The Morgan fingerprint density at radius 1 is 0.320 bits per heavy atom. The molecule has 0 spiro atoms. The second-order valence-electron chi connectivity index (χ2n) is 12.9.